The number of esters is 1. The van der Waals surface area contributed by atoms with Crippen molar-refractivity contribution in [2.45, 2.75) is 4.90 Å². The molecule has 0 aliphatic carbocycles. The smallest absolute Gasteiger partial charge is 0.356 e. The number of amides is 1. The van der Waals surface area contributed by atoms with Gasteiger partial charge in [0.25, 0.3) is 10.0 Å². The van der Waals surface area contributed by atoms with Crippen molar-refractivity contribution in [3.8, 4) is 5.75 Å². The molecule has 3 aromatic rings. The minimum absolute atomic E-state index is 0.0781. The highest BCUT2D eigenvalue weighted by molar-refractivity contribution is 7.89. The van der Waals surface area contributed by atoms with Gasteiger partial charge in [0.1, 0.15) is 18.0 Å². The summed E-state index contributed by atoms with van der Waals surface area (Å²) in [6, 6.07) is 19.6. The van der Waals surface area contributed by atoms with Gasteiger partial charge in [0.05, 0.1) is 19.1 Å². The first-order chi connectivity index (χ1) is 16.8. The van der Waals surface area contributed by atoms with E-state index >= 15 is 0 Å². The average Bonchev–Trinajstić information content (AvgIpc) is 2.86. The molecule has 10 heteroatoms. The van der Waals surface area contributed by atoms with Crippen LogP contribution in [-0.2, 0) is 24.3 Å². The van der Waals surface area contributed by atoms with E-state index in [9.17, 15) is 18.0 Å². The van der Waals surface area contributed by atoms with E-state index < -0.39 is 28.4 Å². The number of sulfonamides is 1. The van der Waals surface area contributed by atoms with E-state index in [1.54, 1.807) is 54.6 Å². The highest BCUT2D eigenvalue weighted by Gasteiger charge is 2.41. The van der Waals surface area contributed by atoms with Gasteiger partial charge >= 0.3 is 5.97 Å². The van der Waals surface area contributed by atoms with Crippen molar-refractivity contribution in [1.82, 2.24) is 4.31 Å². The lowest BCUT2D eigenvalue weighted by molar-refractivity contribution is -0.137. The molecule has 1 heterocycles. The number of hydrogen-bond acceptors (Lipinski definition) is 6. The third kappa shape index (κ3) is 4.73. The van der Waals surface area contributed by atoms with E-state index in [0.717, 1.165) is 11.4 Å². The Hall–Kier alpha value is -3.82. The fourth-order valence-corrected chi connectivity index (χ4v) is 5.56. The Morgan fingerprint density at radius 2 is 1.66 bits per heavy atom. The van der Waals surface area contributed by atoms with Crippen LogP contribution in [0.4, 0.5) is 5.69 Å². The minimum atomic E-state index is -4.31. The Bertz CT molecular complexity index is 1420. The molecule has 0 fully saturated rings. The molecule has 0 atom stereocenters. The maximum absolute atomic E-state index is 13.6. The molecule has 1 N–H and O–H groups in total. The van der Waals surface area contributed by atoms with Crippen molar-refractivity contribution in [2.24, 2.45) is 0 Å². The average molecular weight is 513 g/mol. The molecule has 1 aliphatic heterocycles. The molecule has 4 rings (SSSR count). The molecule has 0 spiro atoms. The Morgan fingerprint density at radius 1 is 0.971 bits per heavy atom. The van der Waals surface area contributed by atoms with Crippen LogP contribution in [0.15, 0.2) is 83.4 Å². The van der Waals surface area contributed by atoms with Gasteiger partial charge in [-0.15, -0.1) is 0 Å². The topological polar surface area (TPSA) is 102 Å². The summed E-state index contributed by atoms with van der Waals surface area (Å²) in [5.41, 5.74) is 1.26. The summed E-state index contributed by atoms with van der Waals surface area (Å²) in [4.78, 5) is 25.9. The highest BCUT2D eigenvalue weighted by atomic mass is 35.5. The third-order valence-electron chi connectivity index (χ3n) is 5.37. The number of carbonyl (C=O) groups is 2. The molecule has 3 aromatic carbocycles. The Balaban J connectivity index is 1.85. The van der Waals surface area contributed by atoms with Crippen LogP contribution in [0.3, 0.4) is 0 Å². The Kier molecular flexibility index (Phi) is 6.81. The van der Waals surface area contributed by atoms with Crippen molar-refractivity contribution in [2.75, 3.05) is 26.1 Å². The van der Waals surface area contributed by atoms with Crippen LogP contribution < -0.4 is 10.1 Å². The van der Waals surface area contributed by atoms with Gasteiger partial charge in [0.15, 0.2) is 0 Å². The summed E-state index contributed by atoms with van der Waals surface area (Å²) in [6.45, 7) is -0.656. The number of nitrogens with zero attached hydrogens (tertiary/aromatic N) is 1. The SMILES string of the molecule is COC(=O)C1=C(c2ccccc2)c2cc(Cl)ccc2S(=O)(=O)N1CC(=O)Nc1ccc(OC)cc1. The van der Waals surface area contributed by atoms with Crippen molar-refractivity contribution in [3.63, 3.8) is 0 Å². The predicted octanol–water partition coefficient (Wildman–Crippen LogP) is 3.92. The highest BCUT2D eigenvalue weighted by Crippen LogP contribution is 2.41. The van der Waals surface area contributed by atoms with Crippen LogP contribution in [0.5, 0.6) is 5.75 Å². The van der Waals surface area contributed by atoms with Crippen molar-refractivity contribution in [3.05, 3.63) is 94.6 Å². The summed E-state index contributed by atoms with van der Waals surface area (Å²) in [6.07, 6.45) is 0. The largest absolute Gasteiger partial charge is 0.497 e. The van der Waals surface area contributed by atoms with Crippen LogP contribution in [0.2, 0.25) is 5.02 Å². The van der Waals surface area contributed by atoms with Crippen LogP contribution in [0.25, 0.3) is 5.57 Å². The standard InChI is InChI=1S/C25H21ClN2O6S/c1-33-19-11-9-18(10-12-19)27-22(29)15-28-24(25(30)34-2)23(16-6-4-3-5-7-16)20-14-17(26)8-13-21(20)35(28,31)32/h3-14H,15H2,1-2H3,(H,27,29). The second kappa shape index (κ2) is 9.81. The number of ether oxygens (including phenoxy) is 2. The van der Waals surface area contributed by atoms with Gasteiger partial charge in [0, 0.05) is 21.8 Å². The quantitative estimate of drug-likeness (QED) is 0.502. The fourth-order valence-electron chi connectivity index (χ4n) is 3.78. The normalized spacial score (nSPS) is 14.2. The molecule has 1 amide bonds. The van der Waals surface area contributed by atoms with E-state index in [1.165, 1.54) is 25.3 Å². The van der Waals surface area contributed by atoms with Crippen LogP contribution in [0.1, 0.15) is 11.1 Å². The lowest BCUT2D eigenvalue weighted by Gasteiger charge is -2.32. The molecule has 0 radical (unpaired) electrons. The monoisotopic (exact) mass is 512 g/mol. The number of hydrogen-bond donors (Lipinski definition) is 1. The van der Waals surface area contributed by atoms with Crippen LogP contribution in [0, 0.1) is 0 Å². The van der Waals surface area contributed by atoms with Gasteiger partial charge in [-0.2, -0.15) is 0 Å². The predicted molar refractivity (Wildman–Crippen MR) is 131 cm³/mol. The lowest BCUT2D eigenvalue weighted by Crippen LogP contribution is -2.43. The van der Waals surface area contributed by atoms with E-state index in [1.807, 2.05) is 0 Å². The summed E-state index contributed by atoms with van der Waals surface area (Å²) in [5.74, 6) is -0.958. The number of benzene rings is 3. The van der Waals surface area contributed by atoms with Gasteiger partial charge in [-0.1, -0.05) is 41.9 Å². The lowest BCUT2D eigenvalue weighted by atomic mass is 9.95. The maximum atomic E-state index is 13.6. The molecule has 8 nitrogen and oxygen atoms in total. The fraction of sp³-hybridized carbons (Fsp3) is 0.120. The van der Waals surface area contributed by atoms with Gasteiger partial charge in [0.2, 0.25) is 5.91 Å². The van der Waals surface area contributed by atoms with Crippen LogP contribution in [-0.4, -0.2) is 45.4 Å². The number of carbonyl (C=O) groups excluding carboxylic acids is 2. The summed E-state index contributed by atoms with van der Waals surface area (Å²) in [7, 11) is -1.64. The van der Waals surface area contributed by atoms with Gasteiger partial charge in [-0.25, -0.2) is 17.5 Å². The number of nitrogens with one attached hydrogen (secondary N) is 1. The molecule has 0 unspecified atom stereocenters. The maximum Gasteiger partial charge on any atom is 0.356 e. The van der Waals surface area contributed by atoms with Gasteiger partial charge in [-0.3, -0.25) is 4.79 Å². The zero-order valence-corrected chi connectivity index (χ0v) is 20.4. The Morgan fingerprint density at radius 3 is 2.29 bits per heavy atom. The molecule has 0 aromatic heterocycles. The molecule has 35 heavy (non-hydrogen) atoms. The minimum Gasteiger partial charge on any atom is -0.497 e. The first-order valence-electron chi connectivity index (χ1n) is 10.4. The summed E-state index contributed by atoms with van der Waals surface area (Å²) in [5, 5.41) is 2.94. The molecule has 0 saturated heterocycles. The van der Waals surface area contributed by atoms with E-state index in [0.29, 0.717) is 27.6 Å². The second-order valence-electron chi connectivity index (χ2n) is 7.51. The van der Waals surface area contributed by atoms with Gasteiger partial charge < -0.3 is 14.8 Å². The number of rotatable bonds is 6. The zero-order valence-electron chi connectivity index (χ0n) is 18.8. The van der Waals surface area contributed by atoms with E-state index in [-0.39, 0.29) is 16.2 Å². The van der Waals surface area contributed by atoms with Crippen LogP contribution >= 0.6 is 11.6 Å². The molecule has 0 saturated carbocycles. The number of halogens is 1. The molecule has 1 aliphatic rings. The number of methoxy groups -OCH3 is 2. The zero-order chi connectivity index (χ0) is 25.2. The number of fused-ring (bicyclic) bond motifs is 1. The van der Waals surface area contributed by atoms with Gasteiger partial charge in [-0.05, 0) is 48.0 Å². The van der Waals surface area contributed by atoms with Crippen molar-refractivity contribution < 1.29 is 27.5 Å². The molecular weight excluding hydrogens is 492 g/mol. The first-order valence-corrected chi connectivity index (χ1v) is 12.2. The molecular formula is C25H21ClN2O6S. The first kappa shape index (κ1) is 24.3. The number of anilines is 1. The van der Waals surface area contributed by atoms with E-state index in [4.69, 9.17) is 21.1 Å². The van der Waals surface area contributed by atoms with E-state index in [2.05, 4.69) is 5.32 Å². The third-order valence-corrected chi connectivity index (χ3v) is 7.41. The van der Waals surface area contributed by atoms with Crippen molar-refractivity contribution in [1.29, 1.82) is 0 Å². The second-order valence-corrected chi connectivity index (χ2v) is 9.78. The molecule has 180 valence electrons. The summed E-state index contributed by atoms with van der Waals surface area (Å²) >= 11 is 6.20. The van der Waals surface area contributed by atoms with Crippen molar-refractivity contribution >= 4 is 44.8 Å². The summed E-state index contributed by atoms with van der Waals surface area (Å²) < 4.78 is 38.1. The molecule has 0 bridgehead atoms. The Labute approximate surface area is 207 Å².